The zero-order chi connectivity index (χ0) is 18.8. The Balaban J connectivity index is 1.78. The summed E-state index contributed by atoms with van der Waals surface area (Å²) in [7, 11) is 0. The summed E-state index contributed by atoms with van der Waals surface area (Å²) >= 11 is 0. The highest BCUT2D eigenvalue weighted by atomic mass is 16.5. The number of benzene rings is 2. The summed E-state index contributed by atoms with van der Waals surface area (Å²) in [5.74, 6) is 0.584. The number of hydrogen-bond donors (Lipinski definition) is 2. The first-order chi connectivity index (χ1) is 13.1. The molecule has 27 heavy (non-hydrogen) atoms. The van der Waals surface area contributed by atoms with E-state index in [1.165, 1.54) is 12.1 Å². The number of para-hydroxylation sites is 1. The Labute approximate surface area is 157 Å². The van der Waals surface area contributed by atoms with Crippen LogP contribution in [0.25, 0.3) is 11.0 Å². The van der Waals surface area contributed by atoms with Crippen molar-refractivity contribution in [1.82, 2.24) is 0 Å². The van der Waals surface area contributed by atoms with E-state index in [-0.39, 0.29) is 17.2 Å². The van der Waals surface area contributed by atoms with Crippen LogP contribution < -0.4 is 15.6 Å². The lowest BCUT2D eigenvalue weighted by Gasteiger charge is -2.27. The molecule has 1 saturated heterocycles. The summed E-state index contributed by atoms with van der Waals surface area (Å²) in [5, 5.41) is 13.9. The van der Waals surface area contributed by atoms with Gasteiger partial charge in [0.2, 0.25) is 0 Å². The average molecular weight is 366 g/mol. The molecular formula is C21H22N2O4. The average Bonchev–Trinajstić information content (AvgIpc) is 2.69. The molecule has 6 nitrogen and oxygen atoms in total. The summed E-state index contributed by atoms with van der Waals surface area (Å²) in [6.45, 7) is 4.55. The van der Waals surface area contributed by atoms with E-state index in [0.717, 1.165) is 11.3 Å². The van der Waals surface area contributed by atoms with E-state index in [9.17, 15) is 9.90 Å². The van der Waals surface area contributed by atoms with E-state index in [1.54, 1.807) is 6.07 Å². The molecule has 0 saturated carbocycles. The smallest absolute Gasteiger partial charge is 0.200 e. The van der Waals surface area contributed by atoms with Crippen LogP contribution in [0.1, 0.15) is 18.5 Å². The van der Waals surface area contributed by atoms with Gasteiger partial charge in [0.15, 0.2) is 11.3 Å². The molecule has 1 fully saturated rings. The lowest BCUT2D eigenvalue weighted by Crippen LogP contribution is -2.36. The van der Waals surface area contributed by atoms with Crippen LogP contribution in [0.2, 0.25) is 0 Å². The third-order valence-corrected chi connectivity index (χ3v) is 4.78. The number of rotatable bonds is 4. The van der Waals surface area contributed by atoms with Crippen molar-refractivity contribution in [3.8, 4) is 5.75 Å². The van der Waals surface area contributed by atoms with E-state index >= 15 is 0 Å². The standard InChI is InChI=1S/C21H22N2O4/c1-14(22-15-5-3-2-4-6-15)17-11-16(24)12-18-19(25)13-20(27-21(17)18)23-7-9-26-10-8-23/h2-6,11-14,22,24H,7-10H2,1H3/t14-/m1/s1. The number of phenols is 1. The molecule has 6 heteroatoms. The Hall–Kier alpha value is -2.99. The molecular weight excluding hydrogens is 344 g/mol. The van der Waals surface area contributed by atoms with Gasteiger partial charge in [-0.15, -0.1) is 0 Å². The molecule has 1 aliphatic rings. The van der Waals surface area contributed by atoms with Crippen LogP contribution in [0.5, 0.6) is 5.75 Å². The van der Waals surface area contributed by atoms with Crippen molar-refractivity contribution in [2.24, 2.45) is 0 Å². The van der Waals surface area contributed by atoms with E-state index in [0.29, 0.717) is 43.2 Å². The summed E-state index contributed by atoms with van der Waals surface area (Å²) < 4.78 is 11.5. The topological polar surface area (TPSA) is 74.9 Å². The van der Waals surface area contributed by atoms with Crippen LogP contribution >= 0.6 is 0 Å². The molecule has 1 aliphatic heterocycles. The minimum atomic E-state index is -0.165. The second-order valence-electron chi connectivity index (χ2n) is 6.69. The van der Waals surface area contributed by atoms with Crippen LogP contribution in [-0.2, 0) is 4.74 Å². The molecule has 4 rings (SSSR count). The molecule has 140 valence electrons. The zero-order valence-electron chi connectivity index (χ0n) is 15.1. The van der Waals surface area contributed by atoms with E-state index in [2.05, 4.69) is 5.32 Å². The molecule has 0 amide bonds. The first-order valence-electron chi connectivity index (χ1n) is 9.07. The van der Waals surface area contributed by atoms with Crippen LogP contribution in [0, 0.1) is 0 Å². The largest absolute Gasteiger partial charge is 0.508 e. The maximum Gasteiger partial charge on any atom is 0.200 e. The van der Waals surface area contributed by atoms with Crippen LogP contribution in [0.4, 0.5) is 11.6 Å². The van der Waals surface area contributed by atoms with Crippen molar-refractivity contribution in [3.63, 3.8) is 0 Å². The highest BCUT2D eigenvalue weighted by Gasteiger charge is 2.19. The van der Waals surface area contributed by atoms with Gasteiger partial charge >= 0.3 is 0 Å². The first kappa shape index (κ1) is 17.4. The van der Waals surface area contributed by atoms with Crippen LogP contribution in [-0.4, -0.2) is 31.4 Å². The Morgan fingerprint density at radius 1 is 1.11 bits per heavy atom. The zero-order valence-corrected chi connectivity index (χ0v) is 15.1. The predicted octanol–water partition coefficient (Wildman–Crippen LogP) is 3.51. The van der Waals surface area contributed by atoms with Gasteiger partial charge in [-0.3, -0.25) is 4.79 Å². The molecule has 0 unspecified atom stereocenters. The third kappa shape index (κ3) is 3.61. The van der Waals surface area contributed by atoms with Crippen molar-refractivity contribution in [1.29, 1.82) is 0 Å². The van der Waals surface area contributed by atoms with Gasteiger partial charge in [-0.2, -0.15) is 0 Å². The molecule has 0 radical (unpaired) electrons. The number of anilines is 2. The number of hydrogen-bond acceptors (Lipinski definition) is 6. The predicted molar refractivity (Wildman–Crippen MR) is 106 cm³/mol. The molecule has 2 heterocycles. The van der Waals surface area contributed by atoms with Crippen molar-refractivity contribution in [2.75, 3.05) is 36.5 Å². The molecule has 2 aromatic carbocycles. The van der Waals surface area contributed by atoms with Gasteiger partial charge in [0.05, 0.1) is 24.6 Å². The van der Waals surface area contributed by atoms with Crippen LogP contribution in [0.3, 0.4) is 0 Å². The van der Waals surface area contributed by atoms with Crippen molar-refractivity contribution in [3.05, 3.63) is 64.3 Å². The number of nitrogens with zero attached hydrogens (tertiary/aromatic N) is 1. The summed E-state index contributed by atoms with van der Waals surface area (Å²) in [5.41, 5.74) is 2.02. The second kappa shape index (κ2) is 7.32. The Morgan fingerprint density at radius 3 is 2.59 bits per heavy atom. The minimum absolute atomic E-state index is 0.0469. The van der Waals surface area contributed by atoms with E-state index in [1.807, 2.05) is 42.2 Å². The van der Waals surface area contributed by atoms with Gasteiger partial charge in [-0.05, 0) is 31.2 Å². The van der Waals surface area contributed by atoms with Crippen molar-refractivity contribution < 1.29 is 14.3 Å². The van der Waals surface area contributed by atoms with E-state index in [4.69, 9.17) is 9.15 Å². The van der Waals surface area contributed by atoms with Gasteiger partial charge in [0.25, 0.3) is 0 Å². The van der Waals surface area contributed by atoms with Gasteiger partial charge in [0.1, 0.15) is 11.3 Å². The molecule has 1 atom stereocenters. The number of phenolic OH excluding ortho intramolecular Hbond substituents is 1. The number of nitrogens with one attached hydrogen (secondary N) is 1. The highest BCUT2D eigenvalue weighted by Crippen LogP contribution is 2.32. The minimum Gasteiger partial charge on any atom is -0.508 e. The normalized spacial score (nSPS) is 15.7. The number of morpholine rings is 1. The molecule has 0 spiro atoms. The number of fused-ring (bicyclic) bond motifs is 1. The van der Waals surface area contributed by atoms with Crippen molar-refractivity contribution in [2.45, 2.75) is 13.0 Å². The van der Waals surface area contributed by atoms with Gasteiger partial charge < -0.3 is 24.5 Å². The van der Waals surface area contributed by atoms with Gasteiger partial charge in [0, 0.05) is 30.4 Å². The molecule has 1 aromatic heterocycles. The maximum atomic E-state index is 12.7. The number of ether oxygens (including phenoxy) is 1. The summed E-state index contributed by atoms with van der Waals surface area (Å²) in [4.78, 5) is 14.7. The Morgan fingerprint density at radius 2 is 1.85 bits per heavy atom. The summed E-state index contributed by atoms with van der Waals surface area (Å²) in [6.07, 6.45) is 0. The number of aromatic hydroxyl groups is 1. The Kier molecular flexibility index (Phi) is 4.73. The fourth-order valence-electron chi connectivity index (χ4n) is 3.38. The fourth-order valence-corrected chi connectivity index (χ4v) is 3.38. The molecule has 2 N–H and O–H groups in total. The first-order valence-corrected chi connectivity index (χ1v) is 9.07. The van der Waals surface area contributed by atoms with E-state index < -0.39 is 0 Å². The van der Waals surface area contributed by atoms with Crippen LogP contribution in [0.15, 0.2) is 57.7 Å². The molecule has 3 aromatic rings. The van der Waals surface area contributed by atoms with Crippen molar-refractivity contribution >= 4 is 22.5 Å². The third-order valence-electron chi connectivity index (χ3n) is 4.78. The lowest BCUT2D eigenvalue weighted by molar-refractivity contribution is 0.121. The fraction of sp³-hybridized carbons (Fsp3) is 0.286. The summed E-state index contributed by atoms with van der Waals surface area (Å²) in [6, 6.07) is 14.2. The SMILES string of the molecule is C[C@@H](Nc1ccccc1)c1cc(O)cc2c(=O)cc(N3CCOCC3)oc12. The second-order valence-corrected chi connectivity index (χ2v) is 6.69. The molecule has 0 bridgehead atoms. The van der Waals surface area contributed by atoms with Gasteiger partial charge in [-0.25, -0.2) is 0 Å². The monoisotopic (exact) mass is 366 g/mol. The maximum absolute atomic E-state index is 12.7. The quantitative estimate of drug-likeness (QED) is 0.736. The highest BCUT2D eigenvalue weighted by molar-refractivity contribution is 5.83. The lowest BCUT2D eigenvalue weighted by atomic mass is 10.0. The molecule has 0 aliphatic carbocycles. The Bertz CT molecular complexity index is 994. The van der Waals surface area contributed by atoms with Gasteiger partial charge in [-0.1, -0.05) is 18.2 Å².